The fourth-order valence-corrected chi connectivity index (χ4v) is 1.39. The lowest BCUT2D eigenvalue weighted by molar-refractivity contribution is 0.528. The predicted octanol–water partition coefficient (Wildman–Crippen LogP) is 4.95. The molecule has 0 aromatic rings. The molecule has 0 bridgehead atoms. The van der Waals surface area contributed by atoms with E-state index >= 15 is 0 Å². The van der Waals surface area contributed by atoms with E-state index in [0.717, 1.165) is 5.92 Å². The normalized spacial score (nSPS) is 11.7. The van der Waals surface area contributed by atoms with Crippen LogP contribution in [0.25, 0.3) is 0 Å². The highest BCUT2D eigenvalue weighted by Gasteiger charge is 1.92. The first kappa shape index (κ1) is 12.7. The Labute approximate surface area is 84.4 Å². The lowest BCUT2D eigenvalue weighted by Crippen LogP contribution is -1.86. The van der Waals surface area contributed by atoms with E-state index in [0.29, 0.717) is 0 Å². The van der Waals surface area contributed by atoms with E-state index in [4.69, 9.17) is 0 Å². The van der Waals surface area contributed by atoms with Crippen LogP contribution in [0.5, 0.6) is 0 Å². The lowest BCUT2D eigenvalue weighted by atomic mass is 10.0. The van der Waals surface area contributed by atoms with Gasteiger partial charge in [-0.3, -0.25) is 0 Å². The molecule has 0 saturated heterocycles. The predicted molar refractivity (Wildman–Crippen MR) is 62.0 cm³/mol. The number of unbranched alkanes of at least 4 members (excludes halogenated alkanes) is 4. The van der Waals surface area contributed by atoms with E-state index in [-0.39, 0.29) is 0 Å². The molecule has 0 atom stereocenters. The maximum atomic E-state index is 2.35. The van der Waals surface area contributed by atoms with Crippen LogP contribution in [-0.4, -0.2) is 0 Å². The first-order valence-electron chi connectivity index (χ1n) is 5.92. The number of rotatable bonds is 8. The Kier molecular flexibility index (Phi) is 9.63. The van der Waals surface area contributed by atoms with Crippen LogP contribution >= 0.6 is 0 Å². The minimum atomic E-state index is 0.885. The number of hydrogen-bond acceptors (Lipinski definition) is 0. The van der Waals surface area contributed by atoms with Crippen LogP contribution in [0.4, 0.5) is 0 Å². The molecular formula is C13H26. The van der Waals surface area contributed by atoms with E-state index in [1.54, 1.807) is 0 Å². The smallest absolute Gasteiger partial charge is 0.0351 e. The molecule has 0 N–H and O–H groups in total. The third-order valence-electron chi connectivity index (χ3n) is 2.27. The molecule has 0 heteroatoms. The average molecular weight is 182 g/mol. The summed E-state index contributed by atoms with van der Waals surface area (Å²) in [5.74, 6) is 0.885. The van der Waals surface area contributed by atoms with E-state index in [9.17, 15) is 0 Å². The van der Waals surface area contributed by atoms with Crippen LogP contribution in [0, 0.1) is 5.92 Å². The van der Waals surface area contributed by atoms with Crippen LogP contribution < -0.4 is 0 Å². The Bertz CT molecular complexity index is 111. The second-order valence-electron chi connectivity index (χ2n) is 4.29. The van der Waals surface area contributed by atoms with E-state index in [2.05, 4.69) is 32.9 Å². The Morgan fingerprint density at radius 1 is 0.923 bits per heavy atom. The standard InChI is InChI=1S/C13H26/c1-4-5-6-7-8-9-10-11-12-13(2)3/h6-7,13H,4-5,8-12H2,1-3H3/b7-6-. The van der Waals surface area contributed by atoms with Gasteiger partial charge in [-0.25, -0.2) is 0 Å². The Hall–Kier alpha value is -0.260. The van der Waals surface area contributed by atoms with Gasteiger partial charge in [-0.05, 0) is 25.2 Å². The van der Waals surface area contributed by atoms with Crippen molar-refractivity contribution in [2.75, 3.05) is 0 Å². The first-order chi connectivity index (χ1) is 6.27. The van der Waals surface area contributed by atoms with Gasteiger partial charge in [0.15, 0.2) is 0 Å². The van der Waals surface area contributed by atoms with Crippen LogP contribution in [0.15, 0.2) is 12.2 Å². The zero-order chi connectivity index (χ0) is 9.94. The van der Waals surface area contributed by atoms with Crippen molar-refractivity contribution in [1.29, 1.82) is 0 Å². The lowest BCUT2D eigenvalue weighted by Gasteiger charge is -2.02. The number of allylic oxidation sites excluding steroid dienone is 2. The SMILES string of the molecule is CCC/C=C\CCCCCC(C)C. The summed E-state index contributed by atoms with van der Waals surface area (Å²) in [6, 6.07) is 0. The van der Waals surface area contributed by atoms with Gasteiger partial charge in [-0.15, -0.1) is 0 Å². The molecule has 13 heavy (non-hydrogen) atoms. The zero-order valence-corrected chi connectivity index (χ0v) is 9.68. The summed E-state index contributed by atoms with van der Waals surface area (Å²) in [6.07, 6.45) is 14.1. The molecule has 78 valence electrons. The molecule has 0 saturated carbocycles. The van der Waals surface area contributed by atoms with Crippen molar-refractivity contribution in [2.24, 2.45) is 5.92 Å². The van der Waals surface area contributed by atoms with Crippen molar-refractivity contribution < 1.29 is 0 Å². The molecule has 0 fully saturated rings. The number of hydrogen-bond donors (Lipinski definition) is 0. The fraction of sp³-hybridized carbons (Fsp3) is 0.846. The summed E-state index contributed by atoms with van der Waals surface area (Å²) < 4.78 is 0. The molecular weight excluding hydrogens is 156 g/mol. The Balaban J connectivity index is 2.99. The summed E-state index contributed by atoms with van der Waals surface area (Å²) >= 11 is 0. The summed E-state index contributed by atoms with van der Waals surface area (Å²) in [5, 5.41) is 0. The summed E-state index contributed by atoms with van der Waals surface area (Å²) in [4.78, 5) is 0. The minimum Gasteiger partial charge on any atom is -0.0885 e. The second kappa shape index (κ2) is 9.83. The van der Waals surface area contributed by atoms with Gasteiger partial charge in [0.1, 0.15) is 0 Å². The summed E-state index contributed by atoms with van der Waals surface area (Å²) in [5.41, 5.74) is 0. The molecule has 0 spiro atoms. The molecule has 0 nitrogen and oxygen atoms in total. The average Bonchev–Trinajstić information content (AvgIpc) is 2.09. The van der Waals surface area contributed by atoms with Crippen LogP contribution in [0.3, 0.4) is 0 Å². The van der Waals surface area contributed by atoms with E-state index in [1.807, 2.05) is 0 Å². The maximum Gasteiger partial charge on any atom is -0.0351 e. The first-order valence-corrected chi connectivity index (χ1v) is 5.92. The zero-order valence-electron chi connectivity index (χ0n) is 9.68. The largest absolute Gasteiger partial charge is 0.0885 e. The molecule has 0 amide bonds. The van der Waals surface area contributed by atoms with Crippen molar-refractivity contribution in [3.8, 4) is 0 Å². The molecule has 0 rings (SSSR count). The molecule has 0 aliphatic heterocycles. The van der Waals surface area contributed by atoms with Crippen LogP contribution in [0.1, 0.15) is 65.7 Å². The molecule has 0 aromatic carbocycles. The Morgan fingerprint density at radius 3 is 2.23 bits per heavy atom. The van der Waals surface area contributed by atoms with Gasteiger partial charge in [0.05, 0.1) is 0 Å². The molecule has 0 unspecified atom stereocenters. The van der Waals surface area contributed by atoms with Crippen molar-refractivity contribution >= 4 is 0 Å². The summed E-state index contributed by atoms with van der Waals surface area (Å²) in [6.45, 7) is 6.84. The van der Waals surface area contributed by atoms with Gasteiger partial charge >= 0.3 is 0 Å². The monoisotopic (exact) mass is 182 g/mol. The molecule has 0 aliphatic carbocycles. The van der Waals surface area contributed by atoms with Crippen LogP contribution in [-0.2, 0) is 0 Å². The minimum absolute atomic E-state index is 0.885. The third-order valence-corrected chi connectivity index (χ3v) is 2.27. The molecule has 0 radical (unpaired) electrons. The quantitative estimate of drug-likeness (QED) is 0.368. The van der Waals surface area contributed by atoms with E-state index in [1.165, 1.54) is 44.9 Å². The highest BCUT2D eigenvalue weighted by molar-refractivity contribution is 4.80. The van der Waals surface area contributed by atoms with Gasteiger partial charge in [0.2, 0.25) is 0 Å². The highest BCUT2D eigenvalue weighted by Crippen LogP contribution is 2.09. The van der Waals surface area contributed by atoms with Crippen LogP contribution in [0.2, 0.25) is 0 Å². The van der Waals surface area contributed by atoms with E-state index < -0.39 is 0 Å². The molecule has 0 aromatic heterocycles. The van der Waals surface area contributed by atoms with Crippen molar-refractivity contribution in [1.82, 2.24) is 0 Å². The van der Waals surface area contributed by atoms with Crippen molar-refractivity contribution in [3.63, 3.8) is 0 Å². The van der Waals surface area contributed by atoms with Gasteiger partial charge in [-0.1, -0.05) is 58.6 Å². The fourth-order valence-electron chi connectivity index (χ4n) is 1.39. The van der Waals surface area contributed by atoms with Gasteiger partial charge in [-0.2, -0.15) is 0 Å². The van der Waals surface area contributed by atoms with Gasteiger partial charge in [0.25, 0.3) is 0 Å². The topological polar surface area (TPSA) is 0 Å². The Morgan fingerprint density at radius 2 is 1.62 bits per heavy atom. The third kappa shape index (κ3) is 11.7. The van der Waals surface area contributed by atoms with Gasteiger partial charge in [0, 0.05) is 0 Å². The highest BCUT2D eigenvalue weighted by atomic mass is 14.0. The van der Waals surface area contributed by atoms with Crippen molar-refractivity contribution in [3.05, 3.63) is 12.2 Å². The molecule has 0 aliphatic rings. The van der Waals surface area contributed by atoms with Crippen molar-refractivity contribution in [2.45, 2.75) is 65.7 Å². The van der Waals surface area contributed by atoms with Gasteiger partial charge < -0.3 is 0 Å². The second-order valence-corrected chi connectivity index (χ2v) is 4.29. The summed E-state index contributed by atoms with van der Waals surface area (Å²) in [7, 11) is 0. The maximum absolute atomic E-state index is 2.35. The molecule has 0 heterocycles.